The highest BCUT2D eigenvalue weighted by atomic mass is 16.5. The minimum Gasteiger partial charge on any atom is -0.755 e. The Morgan fingerprint density at radius 2 is 2.53 bits per heavy atom. The molecule has 4 N–H and O–H groups in total. The number of fused-ring (bicyclic) bond motifs is 1. The number of hydrogen-bond acceptors (Lipinski definition) is 7. The SMILES string of the molecule is CC(O)CNC1NC(=O)C2NC=CN=C2N1[O-]. The van der Waals surface area contributed by atoms with E-state index in [2.05, 4.69) is 20.9 Å². The molecule has 1 fully saturated rings. The zero-order chi connectivity index (χ0) is 12.4. The molecule has 8 nitrogen and oxygen atoms in total. The first-order chi connectivity index (χ1) is 8.09. The van der Waals surface area contributed by atoms with Crippen LogP contribution in [0.5, 0.6) is 0 Å². The molecule has 3 unspecified atom stereocenters. The number of nitrogens with one attached hydrogen (secondary N) is 3. The molecule has 3 atom stereocenters. The Hall–Kier alpha value is -1.64. The molecule has 94 valence electrons. The Morgan fingerprint density at radius 1 is 1.76 bits per heavy atom. The Balaban J connectivity index is 2.08. The molecule has 1 saturated heterocycles. The molecule has 17 heavy (non-hydrogen) atoms. The molecule has 0 spiro atoms. The molecule has 0 aromatic carbocycles. The quantitative estimate of drug-likeness (QED) is 0.454. The Bertz CT molecular complexity index is 368. The second-order valence-electron chi connectivity index (χ2n) is 3.90. The molecule has 0 aliphatic carbocycles. The van der Waals surface area contributed by atoms with Crippen molar-refractivity contribution < 1.29 is 9.90 Å². The summed E-state index contributed by atoms with van der Waals surface area (Å²) in [6.45, 7) is 1.78. The fourth-order valence-electron chi connectivity index (χ4n) is 1.60. The van der Waals surface area contributed by atoms with Gasteiger partial charge in [0.15, 0.2) is 6.04 Å². The van der Waals surface area contributed by atoms with Crippen LogP contribution in [0.1, 0.15) is 6.92 Å². The summed E-state index contributed by atoms with van der Waals surface area (Å²) in [6, 6.07) is -0.748. The molecular weight excluding hydrogens is 226 g/mol. The van der Waals surface area contributed by atoms with Crippen molar-refractivity contribution in [1.82, 2.24) is 21.0 Å². The third kappa shape index (κ3) is 2.38. The normalized spacial score (nSPS) is 29.0. The van der Waals surface area contributed by atoms with Gasteiger partial charge in [-0.25, -0.2) is 4.99 Å². The summed E-state index contributed by atoms with van der Waals surface area (Å²) in [5, 5.41) is 29.6. The molecule has 0 radical (unpaired) electrons. The smallest absolute Gasteiger partial charge is 0.252 e. The number of aliphatic imine (C=N–C) groups is 1. The molecule has 0 aromatic heterocycles. The molecule has 0 bridgehead atoms. The van der Waals surface area contributed by atoms with E-state index in [0.717, 1.165) is 0 Å². The van der Waals surface area contributed by atoms with Gasteiger partial charge < -0.3 is 26.0 Å². The summed E-state index contributed by atoms with van der Waals surface area (Å²) in [4.78, 5) is 15.6. The number of aliphatic hydroxyl groups is 1. The van der Waals surface area contributed by atoms with Gasteiger partial charge in [-0.3, -0.25) is 10.1 Å². The molecule has 2 rings (SSSR count). The van der Waals surface area contributed by atoms with Crippen molar-refractivity contribution in [2.75, 3.05) is 6.54 Å². The number of hydrogen-bond donors (Lipinski definition) is 4. The lowest BCUT2D eigenvalue weighted by molar-refractivity contribution is -0.124. The van der Waals surface area contributed by atoms with Crippen LogP contribution in [-0.2, 0) is 4.79 Å². The van der Waals surface area contributed by atoms with Crippen molar-refractivity contribution in [2.45, 2.75) is 25.4 Å². The number of amidine groups is 1. The molecule has 2 aliphatic heterocycles. The minimum absolute atomic E-state index is 0.111. The third-order valence-corrected chi connectivity index (χ3v) is 2.41. The molecule has 0 saturated carbocycles. The second-order valence-corrected chi connectivity index (χ2v) is 3.90. The van der Waals surface area contributed by atoms with Crippen LogP contribution in [0.15, 0.2) is 17.4 Å². The zero-order valence-electron chi connectivity index (χ0n) is 9.25. The molecule has 2 heterocycles. The number of carbonyl (C=O) groups is 1. The number of amides is 1. The topological polar surface area (TPSA) is 112 Å². The number of hydroxylamine groups is 2. The van der Waals surface area contributed by atoms with Crippen LogP contribution in [0.4, 0.5) is 0 Å². The predicted octanol–water partition coefficient (Wildman–Crippen LogP) is -1.99. The third-order valence-electron chi connectivity index (χ3n) is 2.41. The molecule has 2 aliphatic rings. The molecule has 1 amide bonds. The van der Waals surface area contributed by atoms with Crippen LogP contribution in [0.2, 0.25) is 0 Å². The van der Waals surface area contributed by atoms with Gasteiger partial charge in [-0.05, 0) is 6.92 Å². The summed E-state index contributed by atoms with van der Waals surface area (Å²) in [5.41, 5.74) is 0. The van der Waals surface area contributed by atoms with E-state index in [4.69, 9.17) is 5.11 Å². The van der Waals surface area contributed by atoms with Gasteiger partial charge in [-0.1, -0.05) is 0 Å². The van der Waals surface area contributed by atoms with Crippen molar-refractivity contribution >= 4 is 11.7 Å². The predicted molar refractivity (Wildman–Crippen MR) is 60.3 cm³/mol. The van der Waals surface area contributed by atoms with Crippen molar-refractivity contribution in [3.8, 4) is 0 Å². The van der Waals surface area contributed by atoms with E-state index in [1.165, 1.54) is 12.4 Å². The fraction of sp³-hybridized carbons (Fsp3) is 0.556. The van der Waals surface area contributed by atoms with Crippen LogP contribution in [-0.4, -0.2) is 46.9 Å². The Kier molecular flexibility index (Phi) is 3.27. The van der Waals surface area contributed by atoms with Crippen molar-refractivity contribution in [2.24, 2.45) is 4.99 Å². The van der Waals surface area contributed by atoms with Gasteiger partial charge in [-0.2, -0.15) is 0 Å². The largest absolute Gasteiger partial charge is 0.755 e. The number of rotatable bonds is 3. The van der Waals surface area contributed by atoms with Gasteiger partial charge in [0.25, 0.3) is 5.91 Å². The highest BCUT2D eigenvalue weighted by Crippen LogP contribution is 2.09. The highest BCUT2D eigenvalue weighted by Gasteiger charge is 2.34. The van der Waals surface area contributed by atoms with E-state index in [9.17, 15) is 10.0 Å². The summed E-state index contributed by atoms with van der Waals surface area (Å²) >= 11 is 0. The van der Waals surface area contributed by atoms with E-state index in [0.29, 0.717) is 5.06 Å². The average molecular weight is 240 g/mol. The van der Waals surface area contributed by atoms with E-state index >= 15 is 0 Å². The second kappa shape index (κ2) is 4.70. The number of carbonyl (C=O) groups excluding carboxylic acids is 1. The summed E-state index contributed by atoms with van der Waals surface area (Å²) in [6.07, 6.45) is 1.41. The Labute approximate surface area is 98.0 Å². The van der Waals surface area contributed by atoms with Gasteiger partial charge >= 0.3 is 0 Å². The molecule has 8 heteroatoms. The van der Waals surface area contributed by atoms with Gasteiger partial charge in [0.05, 0.1) is 6.10 Å². The van der Waals surface area contributed by atoms with Crippen molar-refractivity contribution in [3.05, 3.63) is 17.6 Å². The van der Waals surface area contributed by atoms with Crippen LogP contribution in [0.25, 0.3) is 0 Å². The monoisotopic (exact) mass is 240 g/mol. The fourth-order valence-corrected chi connectivity index (χ4v) is 1.60. The zero-order valence-corrected chi connectivity index (χ0v) is 9.25. The van der Waals surface area contributed by atoms with Crippen LogP contribution in [0.3, 0.4) is 0 Å². The van der Waals surface area contributed by atoms with Gasteiger partial charge in [0, 0.05) is 18.9 Å². The van der Waals surface area contributed by atoms with Crippen LogP contribution in [0, 0.1) is 5.21 Å². The van der Waals surface area contributed by atoms with Gasteiger partial charge in [0.1, 0.15) is 12.1 Å². The van der Waals surface area contributed by atoms with Gasteiger partial charge in [0.2, 0.25) is 0 Å². The minimum atomic E-state index is -0.902. The first-order valence-corrected chi connectivity index (χ1v) is 5.26. The molecular formula is C9H14N5O3-. The first-order valence-electron chi connectivity index (χ1n) is 5.26. The van der Waals surface area contributed by atoms with Gasteiger partial charge in [-0.15, -0.1) is 0 Å². The van der Waals surface area contributed by atoms with Crippen LogP contribution >= 0.6 is 0 Å². The maximum absolute atomic E-state index is 11.9. The summed E-state index contributed by atoms with van der Waals surface area (Å²) in [7, 11) is 0. The molecule has 0 aromatic rings. The lowest BCUT2D eigenvalue weighted by atomic mass is 10.2. The summed E-state index contributed by atoms with van der Waals surface area (Å²) in [5.74, 6) is -0.220. The van der Waals surface area contributed by atoms with E-state index < -0.39 is 18.4 Å². The Morgan fingerprint density at radius 3 is 3.24 bits per heavy atom. The average Bonchev–Trinajstić information content (AvgIpc) is 2.32. The van der Waals surface area contributed by atoms with Crippen molar-refractivity contribution in [3.63, 3.8) is 0 Å². The van der Waals surface area contributed by atoms with Crippen LogP contribution < -0.4 is 16.0 Å². The summed E-state index contributed by atoms with van der Waals surface area (Å²) < 4.78 is 0. The van der Waals surface area contributed by atoms with Crippen molar-refractivity contribution in [1.29, 1.82) is 0 Å². The maximum atomic E-state index is 11.9. The standard InChI is InChI=1S/C9H14N5O3/c1-5(15)4-12-9-13-8(16)6-7(14(9)17)11-3-2-10-6/h2-3,5-6,9-10,12,15H,4H2,1H3,(H,13,16)/q-1. The maximum Gasteiger partial charge on any atom is 0.252 e. The van der Waals surface area contributed by atoms with E-state index in [1.54, 1.807) is 6.92 Å². The highest BCUT2D eigenvalue weighted by molar-refractivity contribution is 6.09. The van der Waals surface area contributed by atoms with E-state index in [-0.39, 0.29) is 18.3 Å². The lowest BCUT2D eigenvalue weighted by Crippen LogP contribution is -2.69. The number of nitrogens with zero attached hydrogens (tertiary/aromatic N) is 2. The van der Waals surface area contributed by atoms with E-state index in [1.807, 2.05) is 0 Å². The number of aliphatic hydroxyl groups excluding tert-OH is 1. The lowest BCUT2D eigenvalue weighted by Gasteiger charge is -2.47. The first kappa shape index (κ1) is 11.8.